The number of halogens is 1. The van der Waals surface area contributed by atoms with Crippen LogP contribution in [0.4, 0.5) is 4.39 Å². The molecule has 1 saturated heterocycles. The first-order valence-electron chi connectivity index (χ1n) is 9.38. The van der Waals surface area contributed by atoms with Gasteiger partial charge in [-0.05, 0) is 43.0 Å². The van der Waals surface area contributed by atoms with Crippen LogP contribution in [0, 0.1) is 11.7 Å². The molecule has 0 aliphatic carbocycles. The fraction of sp³-hybridized carbons (Fsp3) is 0.700. The van der Waals surface area contributed by atoms with Crippen LogP contribution in [-0.4, -0.2) is 55.2 Å². The topological polar surface area (TPSA) is 15.7 Å². The largest absolute Gasteiger partial charge is 0.380 e. The number of hydrogen-bond acceptors (Lipinski definition) is 3. The third-order valence-corrected chi connectivity index (χ3v) is 4.80. The van der Waals surface area contributed by atoms with Gasteiger partial charge in [-0.2, -0.15) is 0 Å². The van der Waals surface area contributed by atoms with Crippen molar-refractivity contribution in [1.29, 1.82) is 0 Å². The van der Waals surface area contributed by atoms with E-state index in [2.05, 4.69) is 30.6 Å². The van der Waals surface area contributed by atoms with E-state index in [1.54, 1.807) is 12.1 Å². The van der Waals surface area contributed by atoms with Crippen LogP contribution in [0.25, 0.3) is 0 Å². The molecule has 24 heavy (non-hydrogen) atoms. The molecule has 0 aromatic heterocycles. The van der Waals surface area contributed by atoms with Crippen LogP contribution in [0.15, 0.2) is 24.3 Å². The summed E-state index contributed by atoms with van der Waals surface area (Å²) in [6.45, 7) is 13.7. The molecule has 0 radical (unpaired) electrons. The summed E-state index contributed by atoms with van der Waals surface area (Å²) in [6.07, 6.45) is 2.26. The molecule has 1 aromatic rings. The van der Waals surface area contributed by atoms with E-state index < -0.39 is 0 Å². The Labute approximate surface area is 146 Å². The van der Waals surface area contributed by atoms with Crippen LogP contribution in [-0.2, 0) is 11.3 Å². The number of nitrogens with zero attached hydrogens (tertiary/aromatic N) is 2. The van der Waals surface area contributed by atoms with E-state index in [4.69, 9.17) is 4.74 Å². The minimum Gasteiger partial charge on any atom is -0.380 e. The Kier molecular flexibility index (Phi) is 8.16. The van der Waals surface area contributed by atoms with Crippen LogP contribution in [0.1, 0.15) is 39.2 Å². The fourth-order valence-electron chi connectivity index (χ4n) is 3.43. The molecular formula is C20H33FN2O. The van der Waals surface area contributed by atoms with Gasteiger partial charge in [0.1, 0.15) is 5.82 Å². The molecule has 1 aliphatic rings. The third-order valence-electron chi connectivity index (χ3n) is 4.80. The Bertz CT molecular complexity index is 463. The lowest BCUT2D eigenvalue weighted by Crippen LogP contribution is -2.44. The van der Waals surface area contributed by atoms with Crippen molar-refractivity contribution in [1.82, 2.24) is 9.80 Å². The number of benzene rings is 1. The normalized spacial score (nSPS) is 20.5. The Morgan fingerprint density at radius 3 is 2.58 bits per heavy atom. The first-order chi connectivity index (χ1) is 11.6. The van der Waals surface area contributed by atoms with E-state index in [9.17, 15) is 4.39 Å². The number of hydrogen-bond donors (Lipinski definition) is 0. The minimum atomic E-state index is -0.159. The highest BCUT2D eigenvalue weighted by Gasteiger charge is 2.27. The summed E-state index contributed by atoms with van der Waals surface area (Å²) in [7, 11) is 0. The molecule has 2 rings (SSSR count). The fourth-order valence-corrected chi connectivity index (χ4v) is 3.43. The summed E-state index contributed by atoms with van der Waals surface area (Å²) in [4.78, 5) is 5.12. The highest BCUT2D eigenvalue weighted by atomic mass is 19.1. The average molecular weight is 336 g/mol. The van der Waals surface area contributed by atoms with Crippen LogP contribution >= 0.6 is 0 Å². The van der Waals surface area contributed by atoms with Gasteiger partial charge in [-0.1, -0.05) is 32.9 Å². The summed E-state index contributed by atoms with van der Waals surface area (Å²) >= 11 is 0. The summed E-state index contributed by atoms with van der Waals surface area (Å²) in [5, 5.41) is 0. The molecule has 0 amide bonds. The maximum atomic E-state index is 13.1. The second kappa shape index (κ2) is 10.1. The summed E-state index contributed by atoms with van der Waals surface area (Å²) in [5.41, 5.74) is 1.20. The zero-order valence-corrected chi connectivity index (χ0v) is 15.5. The Hall–Kier alpha value is -0.970. The lowest BCUT2D eigenvalue weighted by atomic mass is 10.0. The van der Waals surface area contributed by atoms with E-state index >= 15 is 0 Å². The predicted octanol–water partition coefficient (Wildman–Crippen LogP) is 3.78. The molecule has 1 aromatic carbocycles. The van der Waals surface area contributed by atoms with Crippen LogP contribution in [0.2, 0.25) is 0 Å². The number of rotatable bonds is 8. The Morgan fingerprint density at radius 2 is 1.92 bits per heavy atom. The highest BCUT2D eigenvalue weighted by molar-refractivity contribution is 5.16. The van der Waals surface area contributed by atoms with Gasteiger partial charge in [0.25, 0.3) is 0 Å². The molecule has 3 nitrogen and oxygen atoms in total. The summed E-state index contributed by atoms with van der Waals surface area (Å²) < 4.78 is 18.8. The van der Waals surface area contributed by atoms with Gasteiger partial charge in [-0.3, -0.25) is 9.80 Å². The van der Waals surface area contributed by atoms with E-state index in [0.717, 1.165) is 52.4 Å². The van der Waals surface area contributed by atoms with Crippen molar-refractivity contribution in [2.24, 2.45) is 5.92 Å². The molecule has 1 heterocycles. The molecule has 136 valence electrons. The SMILES string of the molecule is CCCOCCN1CCCN(Cc2ccc(F)cc2)[C@@H](C(C)C)C1. The van der Waals surface area contributed by atoms with Crippen molar-refractivity contribution >= 4 is 0 Å². The number of ether oxygens (including phenoxy) is 1. The van der Waals surface area contributed by atoms with Crippen LogP contribution < -0.4 is 0 Å². The molecule has 0 unspecified atom stereocenters. The Morgan fingerprint density at radius 1 is 1.17 bits per heavy atom. The first-order valence-corrected chi connectivity index (χ1v) is 9.38. The maximum absolute atomic E-state index is 13.1. The smallest absolute Gasteiger partial charge is 0.123 e. The standard InChI is InChI=1S/C20H33FN2O/c1-4-13-24-14-12-22-10-5-11-23(20(16-22)17(2)3)15-18-6-8-19(21)9-7-18/h6-9,17,20H,4-5,10-16H2,1-3H3/t20-/m1/s1. The monoisotopic (exact) mass is 336 g/mol. The molecule has 1 fully saturated rings. The lowest BCUT2D eigenvalue weighted by Gasteiger charge is -2.34. The van der Waals surface area contributed by atoms with Crippen molar-refractivity contribution < 1.29 is 9.13 Å². The predicted molar refractivity (Wildman–Crippen MR) is 97.6 cm³/mol. The molecule has 4 heteroatoms. The van der Waals surface area contributed by atoms with Crippen LogP contribution in [0.5, 0.6) is 0 Å². The van der Waals surface area contributed by atoms with E-state index in [1.807, 2.05) is 12.1 Å². The van der Waals surface area contributed by atoms with Crippen LogP contribution in [0.3, 0.4) is 0 Å². The first kappa shape index (κ1) is 19.4. The van der Waals surface area contributed by atoms with E-state index in [0.29, 0.717) is 12.0 Å². The maximum Gasteiger partial charge on any atom is 0.123 e. The lowest BCUT2D eigenvalue weighted by molar-refractivity contribution is 0.0888. The van der Waals surface area contributed by atoms with Gasteiger partial charge in [0.15, 0.2) is 0 Å². The van der Waals surface area contributed by atoms with Gasteiger partial charge >= 0.3 is 0 Å². The van der Waals surface area contributed by atoms with Crippen molar-refractivity contribution in [2.45, 2.75) is 46.2 Å². The van der Waals surface area contributed by atoms with Crippen molar-refractivity contribution in [3.63, 3.8) is 0 Å². The molecule has 1 atom stereocenters. The van der Waals surface area contributed by atoms with Gasteiger partial charge in [-0.25, -0.2) is 4.39 Å². The second-order valence-corrected chi connectivity index (χ2v) is 7.17. The minimum absolute atomic E-state index is 0.159. The molecule has 0 spiro atoms. The third kappa shape index (κ3) is 6.15. The molecule has 0 saturated carbocycles. The van der Waals surface area contributed by atoms with Crippen molar-refractivity contribution in [3.8, 4) is 0 Å². The van der Waals surface area contributed by atoms with E-state index in [-0.39, 0.29) is 5.82 Å². The Balaban J connectivity index is 1.94. The molecule has 1 aliphatic heterocycles. The quantitative estimate of drug-likeness (QED) is 0.672. The van der Waals surface area contributed by atoms with Gasteiger partial charge < -0.3 is 4.74 Å². The average Bonchev–Trinajstić information content (AvgIpc) is 2.76. The summed E-state index contributed by atoms with van der Waals surface area (Å²) in [6, 6.07) is 7.48. The van der Waals surface area contributed by atoms with E-state index in [1.165, 1.54) is 12.0 Å². The summed E-state index contributed by atoms with van der Waals surface area (Å²) in [5.74, 6) is 0.441. The highest BCUT2D eigenvalue weighted by Crippen LogP contribution is 2.20. The molecule has 0 bridgehead atoms. The second-order valence-electron chi connectivity index (χ2n) is 7.17. The van der Waals surface area contributed by atoms with Gasteiger partial charge in [0.2, 0.25) is 0 Å². The van der Waals surface area contributed by atoms with Gasteiger partial charge in [0, 0.05) is 38.8 Å². The van der Waals surface area contributed by atoms with Gasteiger partial charge in [0.05, 0.1) is 6.61 Å². The van der Waals surface area contributed by atoms with Crippen molar-refractivity contribution in [3.05, 3.63) is 35.6 Å². The molecular weight excluding hydrogens is 303 g/mol. The molecule has 0 N–H and O–H groups in total. The zero-order chi connectivity index (χ0) is 17.4. The van der Waals surface area contributed by atoms with Crippen molar-refractivity contribution in [2.75, 3.05) is 39.4 Å². The van der Waals surface area contributed by atoms with Gasteiger partial charge in [-0.15, -0.1) is 0 Å². The zero-order valence-electron chi connectivity index (χ0n) is 15.5.